The van der Waals surface area contributed by atoms with Crippen molar-refractivity contribution >= 4 is 23.2 Å². The highest BCUT2D eigenvalue weighted by Gasteiger charge is 2.32. The summed E-state index contributed by atoms with van der Waals surface area (Å²) in [6, 6.07) is 7.57. The summed E-state index contributed by atoms with van der Waals surface area (Å²) >= 11 is 6.34. The lowest BCUT2D eigenvalue weighted by atomic mass is 9.89. The minimum atomic E-state index is -1.52. The Morgan fingerprint density at radius 2 is 2.07 bits per heavy atom. The molecule has 1 fully saturated rings. The topological polar surface area (TPSA) is 67.3 Å². The number of alkyl halides is 1. The van der Waals surface area contributed by atoms with Crippen LogP contribution in [-0.2, 0) is 28.0 Å². The van der Waals surface area contributed by atoms with Crippen LogP contribution in [0, 0.1) is 11.8 Å². The number of rotatable bonds is 13. The van der Waals surface area contributed by atoms with Crippen LogP contribution >= 0.6 is 11.6 Å². The van der Waals surface area contributed by atoms with Crippen molar-refractivity contribution in [3.8, 4) is 0 Å². The fraction of sp³-hybridized carbons (Fsp3) is 0.606. The van der Waals surface area contributed by atoms with Gasteiger partial charge in [0.2, 0.25) is 5.28 Å². The highest BCUT2D eigenvalue weighted by atomic mass is 35.5. The Kier molecular flexibility index (Phi) is 11.3. The molecule has 0 amide bonds. The smallest absolute Gasteiger partial charge is 0.224 e. The third-order valence-corrected chi connectivity index (χ3v) is 8.67. The first-order valence-corrected chi connectivity index (χ1v) is 15.5. The molecule has 2 aliphatic rings. The maximum atomic E-state index is 16.0. The van der Waals surface area contributed by atoms with Crippen LogP contribution in [0.3, 0.4) is 0 Å². The van der Waals surface area contributed by atoms with Crippen LogP contribution in [0.4, 0.5) is 10.2 Å². The number of Topliss-reactive ketones (excluding diaryl/α,β-unsaturated/α-hetero) is 1. The molecular weight excluding hydrogens is 539 g/mol. The predicted octanol–water partition coefficient (Wildman–Crippen LogP) is 7.27. The average Bonchev–Trinajstić information content (AvgIpc) is 3.32. The molecule has 1 aromatic carbocycles. The van der Waals surface area contributed by atoms with Crippen LogP contribution in [0.1, 0.15) is 86.7 Å². The molecule has 0 bridgehead atoms. The van der Waals surface area contributed by atoms with Crippen LogP contribution in [0.25, 0.3) is 0 Å². The van der Waals surface area contributed by atoms with Gasteiger partial charge in [0.25, 0.3) is 0 Å². The predicted molar refractivity (Wildman–Crippen MR) is 164 cm³/mol. The summed E-state index contributed by atoms with van der Waals surface area (Å²) in [6.07, 6.45) is 9.98. The third-order valence-electron chi connectivity index (χ3n) is 8.50. The van der Waals surface area contributed by atoms with Gasteiger partial charge in [-0.05, 0) is 94.1 Å². The summed E-state index contributed by atoms with van der Waals surface area (Å²) in [6.45, 7) is 7.72. The zero-order valence-electron chi connectivity index (χ0n) is 24.9. The third kappa shape index (κ3) is 8.82. The highest BCUT2D eigenvalue weighted by Crippen LogP contribution is 2.36. The summed E-state index contributed by atoms with van der Waals surface area (Å²) < 4.78 is 21.6. The lowest BCUT2D eigenvalue weighted by molar-refractivity contribution is -0.120. The number of hydrogen-bond donors (Lipinski definition) is 1. The van der Waals surface area contributed by atoms with Crippen LogP contribution in [-0.4, -0.2) is 54.5 Å². The first-order chi connectivity index (χ1) is 19.7. The summed E-state index contributed by atoms with van der Waals surface area (Å²) in [7, 11) is 3.75. The molecule has 3 unspecified atom stereocenters. The molecule has 224 valence electrons. The van der Waals surface area contributed by atoms with Crippen LogP contribution < -0.4 is 5.32 Å². The minimum absolute atomic E-state index is 0.120. The van der Waals surface area contributed by atoms with E-state index >= 15 is 4.39 Å². The number of nitrogens with zero attached hydrogens (tertiary/aromatic N) is 3. The number of hydrogen-bond acceptors (Lipinski definition) is 6. The number of fused-ring (bicyclic) bond motifs is 1. The van der Waals surface area contributed by atoms with Gasteiger partial charge in [0.05, 0.1) is 5.69 Å². The lowest BCUT2D eigenvalue weighted by Gasteiger charge is -2.29. The standard InChI is InChI=1S/C33H46ClFN4O2/c1-5-15-33(35,22-39(3)4)27-11-8-10-26(21-27)23(2)36-31-29-19-25(20-30(29)37-32(34)38-31)12-13-28(40)18-24-9-6-7-16-41-17-14-24/h5,8,10-11,21,23-25H,1,6-7,9,12-20,22H2,2-4H3,(H,36,37,38)/t23-,24?,25?,33?/m1/s1. The number of carbonyl (C=O) groups excluding carboxylic acids is 1. The van der Waals surface area contributed by atoms with Crippen molar-refractivity contribution in [2.24, 2.45) is 11.8 Å². The molecule has 4 rings (SSSR count). The number of benzene rings is 1. The van der Waals surface area contributed by atoms with Crippen LogP contribution in [0.2, 0.25) is 5.28 Å². The normalized spacial score (nSPS) is 21.4. The first kappa shape index (κ1) is 31.6. The molecule has 2 aromatic rings. The van der Waals surface area contributed by atoms with Crippen molar-refractivity contribution in [3.05, 3.63) is 64.6 Å². The van der Waals surface area contributed by atoms with Gasteiger partial charge in [-0.1, -0.05) is 36.8 Å². The van der Waals surface area contributed by atoms with E-state index in [9.17, 15) is 4.79 Å². The Labute approximate surface area is 250 Å². The Morgan fingerprint density at radius 3 is 2.85 bits per heavy atom. The molecule has 1 aromatic heterocycles. The van der Waals surface area contributed by atoms with E-state index in [1.54, 1.807) is 6.08 Å². The Balaban J connectivity index is 1.39. The summed E-state index contributed by atoms with van der Waals surface area (Å²) in [5.74, 6) is 1.88. The molecular formula is C33H46ClFN4O2. The monoisotopic (exact) mass is 584 g/mol. The number of ketones is 1. The van der Waals surface area contributed by atoms with Gasteiger partial charge in [0.15, 0.2) is 5.67 Å². The van der Waals surface area contributed by atoms with Gasteiger partial charge in [-0.25, -0.2) is 14.4 Å². The highest BCUT2D eigenvalue weighted by molar-refractivity contribution is 6.28. The van der Waals surface area contributed by atoms with E-state index in [4.69, 9.17) is 16.3 Å². The summed E-state index contributed by atoms with van der Waals surface area (Å²) in [5, 5.41) is 3.75. The fourth-order valence-corrected chi connectivity index (χ4v) is 6.53. The molecule has 4 atom stereocenters. The number of carbonyl (C=O) groups is 1. The van der Waals surface area contributed by atoms with E-state index in [1.165, 1.54) is 0 Å². The molecule has 0 spiro atoms. The molecule has 6 nitrogen and oxygen atoms in total. The first-order valence-electron chi connectivity index (χ1n) is 15.1. The van der Waals surface area contributed by atoms with Gasteiger partial charge in [0.1, 0.15) is 11.6 Å². The van der Waals surface area contributed by atoms with Crippen molar-refractivity contribution in [2.75, 3.05) is 39.2 Å². The van der Waals surface area contributed by atoms with Gasteiger partial charge in [-0.3, -0.25) is 4.79 Å². The van der Waals surface area contributed by atoms with Crippen LogP contribution in [0.5, 0.6) is 0 Å². The molecule has 1 aliphatic heterocycles. The maximum absolute atomic E-state index is 16.0. The molecule has 41 heavy (non-hydrogen) atoms. The number of halogens is 2. The van der Waals surface area contributed by atoms with E-state index in [1.807, 2.05) is 50.2 Å². The molecule has 8 heteroatoms. The Hall–Kier alpha value is -2.35. The Bertz CT molecular complexity index is 1180. The maximum Gasteiger partial charge on any atom is 0.224 e. The van der Waals surface area contributed by atoms with Gasteiger partial charge < -0.3 is 15.0 Å². The van der Waals surface area contributed by atoms with Gasteiger partial charge in [0, 0.05) is 50.6 Å². The minimum Gasteiger partial charge on any atom is -0.381 e. The number of anilines is 1. The quantitative estimate of drug-likeness (QED) is 0.197. The summed E-state index contributed by atoms with van der Waals surface area (Å²) in [5.41, 5.74) is 2.12. The van der Waals surface area contributed by atoms with E-state index < -0.39 is 5.67 Å². The zero-order chi connectivity index (χ0) is 29.4. The van der Waals surface area contributed by atoms with Crippen molar-refractivity contribution in [2.45, 2.75) is 82.8 Å². The van der Waals surface area contributed by atoms with Crippen molar-refractivity contribution in [3.63, 3.8) is 0 Å². The van der Waals surface area contributed by atoms with Gasteiger partial charge >= 0.3 is 0 Å². The Morgan fingerprint density at radius 1 is 1.24 bits per heavy atom. The van der Waals surface area contributed by atoms with E-state index in [2.05, 4.69) is 21.9 Å². The number of likely N-dealkylation sites (N-methyl/N-ethyl adjacent to an activating group) is 1. The lowest BCUT2D eigenvalue weighted by Crippen LogP contribution is -2.33. The van der Waals surface area contributed by atoms with E-state index in [0.717, 1.165) is 80.8 Å². The zero-order valence-corrected chi connectivity index (χ0v) is 25.7. The molecule has 1 aliphatic carbocycles. The van der Waals surface area contributed by atoms with Crippen molar-refractivity contribution in [1.29, 1.82) is 0 Å². The number of ether oxygens (including phenoxy) is 1. The van der Waals surface area contributed by atoms with Gasteiger partial charge in [-0.2, -0.15) is 0 Å². The largest absolute Gasteiger partial charge is 0.381 e. The number of allylic oxidation sites excluding steroid dienone is 1. The molecule has 0 saturated carbocycles. The average molecular weight is 585 g/mol. The summed E-state index contributed by atoms with van der Waals surface area (Å²) in [4.78, 5) is 23.8. The number of aromatic nitrogens is 2. The SMILES string of the molecule is C=CCC(F)(CN(C)C)c1cccc([C@@H](C)Nc2nc(Cl)nc3c2CC(CCC(=O)CC2CCCCOCC2)C3)c1. The molecule has 1 saturated heterocycles. The van der Waals surface area contributed by atoms with E-state index in [0.29, 0.717) is 36.0 Å². The molecule has 2 heterocycles. The van der Waals surface area contributed by atoms with Crippen LogP contribution in [0.15, 0.2) is 36.9 Å². The fourth-order valence-electron chi connectivity index (χ4n) is 6.35. The second-order valence-corrected chi connectivity index (χ2v) is 12.6. The second kappa shape index (κ2) is 14.7. The molecule has 1 N–H and O–H groups in total. The second-order valence-electron chi connectivity index (χ2n) is 12.3. The van der Waals surface area contributed by atoms with Crippen molar-refractivity contribution in [1.82, 2.24) is 14.9 Å². The number of nitrogens with one attached hydrogen (secondary N) is 1. The van der Waals surface area contributed by atoms with E-state index in [-0.39, 0.29) is 24.3 Å². The van der Waals surface area contributed by atoms with Gasteiger partial charge in [-0.15, -0.1) is 6.58 Å². The molecule has 0 radical (unpaired) electrons. The van der Waals surface area contributed by atoms with Crippen molar-refractivity contribution < 1.29 is 13.9 Å².